The first-order valence-electron chi connectivity index (χ1n) is 7.68. The highest BCUT2D eigenvalue weighted by Crippen LogP contribution is 2.38. The molecule has 2 atom stereocenters. The van der Waals surface area contributed by atoms with Crippen molar-refractivity contribution in [3.63, 3.8) is 0 Å². The lowest BCUT2D eigenvalue weighted by atomic mass is 9.72. The maximum absolute atomic E-state index is 10.8. The van der Waals surface area contributed by atoms with Gasteiger partial charge >= 0.3 is 0 Å². The second-order valence-electron chi connectivity index (χ2n) is 6.51. The highest BCUT2D eigenvalue weighted by Gasteiger charge is 2.35. The molecule has 0 spiro atoms. The zero-order chi connectivity index (χ0) is 13.9. The van der Waals surface area contributed by atoms with Gasteiger partial charge in [0.2, 0.25) is 0 Å². The summed E-state index contributed by atoms with van der Waals surface area (Å²) in [6, 6.07) is 4.21. The summed E-state index contributed by atoms with van der Waals surface area (Å²) in [5.41, 5.74) is 1.76. The predicted molar refractivity (Wildman–Crippen MR) is 79.1 cm³/mol. The zero-order valence-electron chi connectivity index (χ0n) is 12.5. The second kappa shape index (κ2) is 6.04. The van der Waals surface area contributed by atoms with Crippen molar-refractivity contribution in [3.05, 3.63) is 29.6 Å². The molecule has 0 radical (unpaired) electrons. The standard InChI is InChI=1S/C17H27NO/c1-4-14-7-8-16(18-12-14)11-17(19)9-5-6-15(10-17)13(2)3/h7-8,12-13,15,19H,4-6,9-11H2,1-3H3. The fourth-order valence-corrected chi connectivity index (χ4v) is 3.22. The fraction of sp³-hybridized carbons (Fsp3) is 0.706. The largest absolute Gasteiger partial charge is 0.389 e. The normalized spacial score (nSPS) is 27.7. The van der Waals surface area contributed by atoms with Gasteiger partial charge in [0.15, 0.2) is 0 Å². The molecular weight excluding hydrogens is 234 g/mol. The van der Waals surface area contributed by atoms with Gasteiger partial charge < -0.3 is 5.11 Å². The number of rotatable bonds is 4. The molecule has 0 amide bonds. The van der Waals surface area contributed by atoms with Crippen LogP contribution in [0.15, 0.2) is 18.3 Å². The van der Waals surface area contributed by atoms with E-state index in [0.29, 0.717) is 18.3 Å². The molecule has 2 rings (SSSR count). The van der Waals surface area contributed by atoms with Crippen LogP contribution in [0.25, 0.3) is 0 Å². The molecular formula is C17H27NO. The van der Waals surface area contributed by atoms with Crippen molar-refractivity contribution in [2.75, 3.05) is 0 Å². The number of aliphatic hydroxyl groups is 1. The third-order valence-corrected chi connectivity index (χ3v) is 4.61. The minimum Gasteiger partial charge on any atom is -0.389 e. The zero-order valence-corrected chi connectivity index (χ0v) is 12.5. The molecule has 0 aromatic carbocycles. The number of pyridine rings is 1. The van der Waals surface area contributed by atoms with Crippen molar-refractivity contribution < 1.29 is 5.11 Å². The molecule has 0 saturated heterocycles. The van der Waals surface area contributed by atoms with Gasteiger partial charge in [-0.25, -0.2) is 0 Å². The lowest BCUT2D eigenvalue weighted by molar-refractivity contribution is -0.0246. The maximum Gasteiger partial charge on any atom is 0.0705 e. The lowest BCUT2D eigenvalue weighted by Crippen LogP contribution is -2.39. The number of hydrogen-bond donors (Lipinski definition) is 1. The van der Waals surface area contributed by atoms with Crippen LogP contribution in [0.5, 0.6) is 0 Å². The number of aryl methyl sites for hydroxylation is 1. The van der Waals surface area contributed by atoms with Gasteiger partial charge in [0.1, 0.15) is 0 Å². The van der Waals surface area contributed by atoms with Gasteiger partial charge in [-0.05, 0) is 49.1 Å². The van der Waals surface area contributed by atoms with Crippen LogP contribution in [-0.4, -0.2) is 15.7 Å². The first kappa shape index (κ1) is 14.5. The highest BCUT2D eigenvalue weighted by atomic mass is 16.3. The van der Waals surface area contributed by atoms with Crippen LogP contribution in [0.3, 0.4) is 0 Å². The third kappa shape index (κ3) is 3.79. The first-order chi connectivity index (χ1) is 9.02. The Bertz CT molecular complexity index is 398. The summed E-state index contributed by atoms with van der Waals surface area (Å²) in [6.45, 7) is 6.67. The molecule has 1 N–H and O–H groups in total. The van der Waals surface area contributed by atoms with E-state index in [1.807, 2.05) is 6.20 Å². The van der Waals surface area contributed by atoms with E-state index in [-0.39, 0.29) is 0 Å². The molecule has 1 aromatic heterocycles. The van der Waals surface area contributed by atoms with Crippen LogP contribution in [0.1, 0.15) is 57.7 Å². The highest BCUT2D eigenvalue weighted by molar-refractivity contribution is 5.15. The quantitative estimate of drug-likeness (QED) is 0.895. The molecule has 1 saturated carbocycles. The topological polar surface area (TPSA) is 33.1 Å². The van der Waals surface area contributed by atoms with Gasteiger partial charge in [0.25, 0.3) is 0 Å². The van der Waals surface area contributed by atoms with Crippen LogP contribution in [0.2, 0.25) is 0 Å². The molecule has 106 valence electrons. The fourth-order valence-electron chi connectivity index (χ4n) is 3.22. The van der Waals surface area contributed by atoms with E-state index in [1.165, 1.54) is 12.0 Å². The van der Waals surface area contributed by atoms with E-state index in [2.05, 4.69) is 37.9 Å². The number of hydrogen-bond acceptors (Lipinski definition) is 2. The molecule has 2 unspecified atom stereocenters. The van der Waals surface area contributed by atoms with Crippen LogP contribution in [0.4, 0.5) is 0 Å². The summed E-state index contributed by atoms with van der Waals surface area (Å²) in [7, 11) is 0. The van der Waals surface area contributed by atoms with Crippen LogP contribution in [0, 0.1) is 11.8 Å². The molecule has 19 heavy (non-hydrogen) atoms. The van der Waals surface area contributed by atoms with E-state index in [1.54, 1.807) is 0 Å². The van der Waals surface area contributed by atoms with E-state index in [4.69, 9.17) is 0 Å². The molecule has 2 heteroatoms. The summed E-state index contributed by atoms with van der Waals surface area (Å²) in [6.07, 6.45) is 7.94. The first-order valence-corrected chi connectivity index (χ1v) is 7.68. The van der Waals surface area contributed by atoms with Crippen molar-refractivity contribution in [2.45, 2.75) is 64.9 Å². The van der Waals surface area contributed by atoms with Crippen LogP contribution < -0.4 is 0 Å². The predicted octanol–water partition coefficient (Wildman–Crippen LogP) is 3.76. The molecule has 1 aliphatic rings. The van der Waals surface area contributed by atoms with Gasteiger partial charge in [-0.1, -0.05) is 33.3 Å². The Morgan fingerprint density at radius 3 is 2.79 bits per heavy atom. The maximum atomic E-state index is 10.8. The van der Waals surface area contributed by atoms with Crippen molar-refractivity contribution in [1.82, 2.24) is 4.98 Å². The molecule has 2 nitrogen and oxygen atoms in total. The molecule has 0 aliphatic heterocycles. The molecule has 1 heterocycles. The monoisotopic (exact) mass is 261 g/mol. The summed E-state index contributed by atoms with van der Waals surface area (Å²) in [5.74, 6) is 1.33. The van der Waals surface area contributed by atoms with Gasteiger partial charge in [0, 0.05) is 18.3 Å². The smallest absolute Gasteiger partial charge is 0.0705 e. The van der Waals surface area contributed by atoms with Crippen molar-refractivity contribution in [2.24, 2.45) is 11.8 Å². The van der Waals surface area contributed by atoms with Crippen molar-refractivity contribution in [3.8, 4) is 0 Å². The molecule has 1 aromatic rings. The summed E-state index contributed by atoms with van der Waals surface area (Å²) < 4.78 is 0. The van der Waals surface area contributed by atoms with Crippen LogP contribution >= 0.6 is 0 Å². The van der Waals surface area contributed by atoms with Gasteiger partial charge in [0.05, 0.1) is 5.60 Å². The third-order valence-electron chi connectivity index (χ3n) is 4.61. The minimum absolute atomic E-state index is 0.534. The second-order valence-corrected chi connectivity index (χ2v) is 6.51. The van der Waals surface area contributed by atoms with Crippen molar-refractivity contribution in [1.29, 1.82) is 0 Å². The minimum atomic E-state index is -0.534. The Morgan fingerprint density at radius 2 is 2.21 bits per heavy atom. The average molecular weight is 261 g/mol. The number of nitrogens with zero attached hydrogens (tertiary/aromatic N) is 1. The Balaban J connectivity index is 2.03. The molecule has 1 aliphatic carbocycles. The number of aromatic nitrogens is 1. The average Bonchev–Trinajstić information content (AvgIpc) is 2.39. The lowest BCUT2D eigenvalue weighted by Gasteiger charge is -2.38. The summed E-state index contributed by atoms with van der Waals surface area (Å²) in [4.78, 5) is 4.50. The molecule has 0 bridgehead atoms. The Hall–Kier alpha value is -0.890. The summed E-state index contributed by atoms with van der Waals surface area (Å²) in [5, 5.41) is 10.8. The van der Waals surface area contributed by atoms with Crippen LogP contribution in [-0.2, 0) is 12.8 Å². The van der Waals surface area contributed by atoms with E-state index < -0.39 is 5.60 Å². The molecule has 1 fully saturated rings. The Morgan fingerprint density at radius 1 is 1.42 bits per heavy atom. The van der Waals surface area contributed by atoms with Crippen molar-refractivity contribution >= 4 is 0 Å². The van der Waals surface area contributed by atoms with E-state index >= 15 is 0 Å². The van der Waals surface area contributed by atoms with E-state index in [9.17, 15) is 5.11 Å². The SMILES string of the molecule is CCc1ccc(CC2(O)CCCC(C(C)C)C2)nc1. The van der Waals surface area contributed by atoms with Gasteiger partial charge in [-0.15, -0.1) is 0 Å². The van der Waals surface area contributed by atoms with Gasteiger partial charge in [-0.3, -0.25) is 4.98 Å². The Kier molecular flexibility index (Phi) is 4.62. The Labute approximate surface area is 117 Å². The van der Waals surface area contributed by atoms with Gasteiger partial charge in [-0.2, -0.15) is 0 Å². The van der Waals surface area contributed by atoms with E-state index in [0.717, 1.165) is 31.4 Å². The summed E-state index contributed by atoms with van der Waals surface area (Å²) >= 11 is 0.